The van der Waals surface area contributed by atoms with Crippen LogP contribution in [0.1, 0.15) is 36.3 Å². The average Bonchev–Trinajstić information content (AvgIpc) is 2.83. The molecule has 0 spiro atoms. The van der Waals surface area contributed by atoms with E-state index in [4.69, 9.17) is 0 Å². The topological polar surface area (TPSA) is 36.1 Å². The molecule has 1 saturated heterocycles. The fourth-order valence-corrected chi connectivity index (χ4v) is 3.50. The third kappa shape index (κ3) is 2.93. The normalized spacial score (nSPS) is 23.1. The van der Waals surface area contributed by atoms with E-state index < -0.39 is 0 Å². The van der Waals surface area contributed by atoms with Gasteiger partial charge in [0.1, 0.15) is 0 Å². The van der Waals surface area contributed by atoms with Crippen LogP contribution in [0, 0.1) is 5.92 Å². The standard InChI is InChI=1S/C16H25N3/c1-17-10-13-2-3-16-15(9-13)14(11-19-16)8-12-4-6-18-7-5-12/h2-3,9,12,14,17-19H,4-8,10-11H2,1H3. The number of rotatable bonds is 4. The van der Waals surface area contributed by atoms with Gasteiger partial charge in [-0.25, -0.2) is 0 Å². The van der Waals surface area contributed by atoms with Crippen LogP contribution in [0.25, 0.3) is 0 Å². The molecule has 1 aromatic rings. The molecular weight excluding hydrogens is 234 g/mol. The molecule has 0 aromatic heterocycles. The summed E-state index contributed by atoms with van der Waals surface area (Å²) in [5.74, 6) is 1.63. The minimum absolute atomic E-state index is 0.718. The molecule has 19 heavy (non-hydrogen) atoms. The monoisotopic (exact) mass is 259 g/mol. The summed E-state index contributed by atoms with van der Waals surface area (Å²) in [7, 11) is 2.01. The zero-order chi connectivity index (χ0) is 13.1. The van der Waals surface area contributed by atoms with Gasteiger partial charge >= 0.3 is 0 Å². The van der Waals surface area contributed by atoms with Gasteiger partial charge in [-0.1, -0.05) is 12.1 Å². The van der Waals surface area contributed by atoms with Gasteiger partial charge in [-0.2, -0.15) is 0 Å². The first-order chi connectivity index (χ1) is 9.36. The lowest BCUT2D eigenvalue weighted by Crippen LogP contribution is -2.28. The average molecular weight is 259 g/mol. The maximum atomic E-state index is 3.57. The van der Waals surface area contributed by atoms with Crippen molar-refractivity contribution in [2.75, 3.05) is 32.0 Å². The van der Waals surface area contributed by atoms with Crippen LogP contribution in [-0.4, -0.2) is 26.7 Å². The fraction of sp³-hybridized carbons (Fsp3) is 0.625. The Morgan fingerprint density at radius 3 is 2.89 bits per heavy atom. The summed E-state index contributed by atoms with van der Waals surface area (Å²) in [5, 5.41) is 10.3. The van der Waals surface area contributed by atoms with E-state index in [0.29, 0.717) is 0 Å². The summed E-state index contributed by atoms with van der Waals surface area (Å²) >= 11 is 0. The highest BCUT2D eigenvalue weighted by molar-refractivity contribution is 5.59. The lowest BCUT2D eigenvalue weighted by Gasteiger charge is -2.25. The van der Waals surface area contributed by atoms with E-state index in [1.807, 2.05) is 7.05 Å². The molecule has 3 N–H and O–H groups in total. The molecular formula is C16H25N3. The first-order valence-electron chi connectivity index (χ1n) is 7.59. The number of hydrogen-bond acceptors (Lipinski definition) is 3. The molecule has 2 aliphatic rings. The Balaban J connectivity index is 1.70. The van der Waals surface area contributed by atoms with Crippen LogP contribution in [-0.2, 0) is 6.54 Å². The summed E-state index contributed by atoms with van der Waals surface area (Å²) in [6, 6.07) is 6.89. The molecule has 0 aliphatic carbocycles. The zero-order valence-corrected chi connectivity index (χ0v) is 11.8. The molecule has 2 heterocycles. The summed E-state index contributed by atoms with van der Waals surface area (Å²) in [5.41, 5.74) is 4.31. The number of benzene rings is 1. The van der Waals surface area contributed by atoms with Crippen molar-refractivity contribution in [3.8, 4) is 0 Å². The van der Waals surface area contributed by atoms with Crippen LogP contribution >= 0.6 is 0 Å². The van der Waals surface area contributed by atoms with Crippen LogP contribution in [0.5, 0.6) is 0 Å². The van der Waals surface area contributed by atoms with Gasteiger partial charge in [0.05, 0.1) is 0 Å². The Labute approximate surface area is 116 Å². The van der Waals surface area contributed by atoms with Crippen molar-refractivity contribution in [2.45, 2.75) is 31.7 Å². The van der Waals surface area contributed by atoms with E-state index in [2.05, 4.69) is 34.1 Å². The highest BCUT2D eigenvalue weighted by Crippen LogP contribution is 2.37. The van der Waals surface area contributed by atoms with Gasteiger partial charge in [0.25, 0.3) is 0 Å². The smallest absolute Gasteiger partial charge is 0.0376 e. The van der Waals surface area contributed by atoms with Crippen molar-refractivity contribution in [1.82, 2.24) is 10.6 Å². The number of piperidine rings is 1. The van der Waals surface area contributed by atoms with Crippen LogP contribution in [0.15, 0.2) is 18.2 Å². The van der Waals surface area contributed by atoms with Gasteiger partial charge in [-0.05, 0) is 62.5 Å². The second-order valence-electron chi connectivity index (χ2n) is 5.96. The molecule has 3 rings (SSSR count). The summed E-state index contributed by atoms with van der Waals surface area (Å²) in [6.45, 7) is 4.50. The molecule has 0 saturated carbocycles. The van der Waals surface area contributed by atoms with Gasteiger partial charge < -0.3 is 16.0 Å². The quantitative estimate of drug-likeness (QED) is 0.776. The Bertz CT molecular complexity index is 424. The molecule has 3 nitrogen and oxygen atoms in total. The maximum Gasteiger partial charge on any atom is 0.0376 e. The second-order valence-corrected chi connectivity index (χ2v) is 5.96. The Morgan fingerprint density at radius 1 is 1.26 bits per heavy atom. The van der Waals surface area contributed by atoms with Gasteiger partial charge in [-0.3, -0.25) is 0 Å². The van der Waals surface area contributed by atoms with Gasteiger partial charge in [0.2, 0.25) is 0 Å². The summed E-state index contributed by atoms with van der Waals surface area (Å²) in [4.78, 5) is 0. The number of anilines is 1. The number of fused-ring (bicyclic) bond motifs is 1. The minimum Gasteiger partial charge on any atom is -0.384 e. The van der Waals surface area contributed by atoms with Crippen LogP contribution in [0.2, 0.25) is 0 Å². The Morgan fingerprint density at radius 2 is 2.11 bits per heavy atom. The summed E-state index contributed by atoms with van der Waals surface area (Å²) < 4.78 is 0. The molecule has 1 fully saturated rings. The second kappa shape index (κ2) is 5.93. The maximum absolute atomic E-state index is 3.57. The molecule has 1 atom stereocenters. The predicted octanol–water partition coefficient (Wildman–Crippen LogP) is 2.30. The Hall–Kier alpha value is -1.06. The predicted molar refractivity (Wildman–Crippen MR) is 80.6 cm³/mol. The summed E-state index contributed by atoms with van der Waals surface area (Å²) in [6.07, 6.45) is 4.05. The van der Waals surface area contributed by atoms with Crippen LogP contribution < -0.4 is 16.0 Å². The Kier molecular flexibility index (Phi) is 4.04. The SMILES string of the molecule is CNCc1ccc2c(c1)C(CC1CCNCC1)CN2. The lowest BCUT2D eigenvalue weighted by molar-refractivity contribution is 0.336. The fourth-order valence-electron chi connectivity index (χ4n) is 3.50. The zero-order valence-electron chi connectivity index (χ0n) is 11.8. The molecule has 3 heteroatoms. The number of hydrogen-bond donors (Lipinski definition) is 3. The molecule has 104 valence electrons. The van der Waals surface area contributed by atoms with Gasteiger partial charge in [0, 0.05) is 24.7 Å². The van der Waals surface area contributed by atoms with Crippen molar-refractivity contribution in [1.29, 1.82) is 0 Å². The highest BCUT2D eigenvalue weighted by Gasteiger charge is 2.26. The lowest BCUT2D eigenvalue weighted by atomic mass is 9.85. The van der Waals surface area contributed by atoms with E-state index in [-0.39, 0.29) is 0 Å². The van der Waals surface area contributed by atoms with Crippen molar-refractivity contribution in [3.63, 3.8) is 0 Å². The molecule has 0 amide bonds. The van der Waals surface area contributed by atoms with Crippen molar-refractivity contribution in [3.05, 3.63) is 29.3 Å². The van der Waals surface area contributed by atoms with E-state index in [0.717, 1.165) is 24.9 Å². The minimum atomic E-state index is 0.718. The molecule has 1 aromatic carbocycles. The first-order valence-corrected chi connectivity index (χ1v) is 7.59. The largest absolute Gasteiger partial charge is 0.384 e. The molecule has 0 radical (unpaired) electrons. The third-order valence-corrected chi connectivity index (χ3v) is 4.55. The third-order valence-electron chi connectivity index (χ3n) is 4.55. The van der Waals surface area contributed by atoms with Gasteiger partial charge in [-0.15, -0.1) is 0 Å². The van der Waals surface area contributed by atoms with Crippen molar-refractivity contribution < 1.29 is 0 Å². The van der Waals surface area contributed by atoms with E-state index in [9.17, 15) is 0 Å². The van der Waals surface area contributed by atoms with Crippen LogP contribution in [0.4, 0.5) is 5.69 Å². The van der Waals surface area contributed by atoms with Crippen LogP contribution in [0.3, 0.4) is 0 Å². The van der Waals surface area contributed by atoms with E-state index in [1.165, 1.54) is 43.6 Å². The number of nitrogens with one attached hydrogen (secondary N) is 3. The van der Waals surface area contributed by atoms with E-state index >= 15 is 0 Å². The van der Waals surface area contributed by atoms with E-state index in [1.54, 1.807) is 5.56 Å². The van der Waals surface area contributed by atoms with Crippen molar-refractivity contribution in [2.24, 2.45) is 5.92 Å². The first kappa shape index (κ1) is 12.9. The molecule has 1 unspecified atom stereocenters. The van der Waals surface area contributed by atoms with Crippen molar-refractivity contribution >= 4 is 5.69 Å². The highest BCUT2D eigenvalue weighted by atomic mass is 14.9. The molecule has 2 aliphatic heterocycles. The van der Waals surface area contributed by atoms with Gasteiger partial charge in [0.15, 0.2) is 0 Å². The molecule has 0 bridgehead atoms.